The van der Waals surface area contributed by atoms with Crippen molar-refractivity contribution >= 4 is 11.8 Å². The number of hydrogen-bond donors (Lipinski definition) is 1. The van der Waals surface area contributed by atoms with Crippen LogP contribution in [0.2, 0.25) is 0 Å². The number of rotatable bonds is 4. The molecule has 0 spiro atoms. The first kappa shape index (κ1) is 18.2. The van der Waals surface area contributed by atoms with Gasteiger partial charge in [0.1, 0.15) is 11.4 Å². The molecule has 5 heteroatoms. The van der Waals surface area contributed by atoms with Crippen LogP contribution in [0.5, 0.6) is 0 Å². The molecular formula is C20H30N2O3. The zero-order chi connectivity index (χ0) is 17.6. The van der Waals surface area contributed by atoms with Gasteiger partial charge < -0.3 is 14.7 Å². The molecule has 1 aromatic rings. The largest absolute Gasteiger partial charge is 0.465 e. The average Bonchev–Trinajstić information content (AvgIpc) is 2.91. The lowest BCUT2D eigenvalue weighted by atomic mass is 9.82. The SMILES string of the molecule is COC(=O)c1cccnc1N1CCC(CC2CCCCCC2)C(O)C1. The first-order valence-electron chi connectivity index (χ1n) is 9.65. The highest BCUT2D eigenvalue weighted by Gasteiger charge is 2.32. The Balaban J connectivity index is 1.63. The summed E-state index contributed by atoms with van der Waals surface area (Å²) in [4.78, 5) is 18.4. The Hall–Kier alpha value is -1.62. The summed E-state index contributed by atoms with van der Waals surface area (Å²) in [6.07, 6.45) is 11.5. The number of hydrogen-bond acceptors (Lipinski definition) is 5. The Morgan fingerprint density at radius 3 is 2.72 bits per heavy atom. The van der Waals surface area contributed by atoms with Gasteiger partial charge in [0, 0.05) is 19.3 Å². The Kier molecular flexibility index (Phi) is 6.29. The molecule has 1 aromatic heterocycles. The van der Waals surface area contributed by atoms with Crippen molar-refractivity contribution in [2.24, 2.45) is 11.8 Å². The van der Waals surface area contributed by atoms with Crippen molar-refractivity contribution in [3.63, 3.8) is 0 Å². The van der Waals surface area contributed by atoms with Gasteiger partial charge in [0.2, 0.25) is 0 Å². The third-order valence-electron chi connectivity index (χ3n) is 5.82. The van der Waals surface area contributed by atoms with Gasteiger partial charge in [-0.1, -0.05) is 38.5 Å². The number of ether oxygens (including phenoxy) is 1. The summed E-state index contributed by atoms with van der Waals surface area (Å²) in [5.41, 5.74) is 0.472. The van der Waals surface area contributed by atoms with Crippen LogP contribution in [-0.4, -0.2) is 42.4 Å². The number of methoxy groups -OCH3 is 1. The van der Waals surface area contributed by atoms with Gasteiger partial charge in [0.25, 0.3) is 0 Å². The van der Waals surface area contributed by atoms with E-state index in [9.17, 15) is 9.90 Å². The second kappa shape index (κ2) is 8.65. The van der Waals surface area contributed by atoms with Gasteiger partial charge >= 0.3 is 5.97 Å². The van der Waals surface area contributed by atoms with E-state index in [2.05, 4.69) is 4.98 Å². The second-order valence-corrected chi connectivity index (χ2v) is 7.52. The quantitative estimate of drug-likeness (QED) is 0.668. The molecule has 2 heterocycles. The van der Waals surface area contributed by atoms with E-state index in [0.717, 1.165) is 25.3 Å². The number of piperidine rings is 1. The highest BCUT2D eigenvalue weighted by atomic mass is 16.5. The number of pyridine rings is 1. The fourth-order valence-corrected chi connectivity index (χ4v) is 4.39. The fourth-order valence-electron chi connectivity index (χ4n) is 4.39. The molecule has 2 aliphatic rings. The Morgan fingerprint density at radius 1 is 1.28 bits per heavy atom. The van der Waals surface area contributed by atoms with Crippen LogP contribution < -0.4 is 4.90 Å². The van der Waals surface area contributed by atoms with Gasteiger partial charge in [-0.3, -0.25) is 0 Å². The first-order valence-corrected chi connectivity index (χ1v) is 9.65. The predicted molar refractivity (Wildman–Crippen MR) is 97.7 cm³/mol. The van der Waals surface area contributed by atoms with Crippen LogP contribution in [0.4, 0.5) is 5.82 Å². The number of aromatic nitrogens is 1. The summed E-state index contributed by atoms with van der Waals surface area (Å²) >= 11 is 0. The van der Waals surface area contributed by atoms with Crippen molar-refractivity contribution in [2.45, 2.75) is 57.5 Å². The predicted octanol–water partition coefficient (Wildman–Crippen LogP) is 3.42. The highest BCUT2D eigenvalue weighted by molar-refractivity contribution is 5.94. The van der Waals surface area contributed by atoms with Gasteiger partial charge in [-0.15, -0.1) is 0 Å². The monoisotopic (exact) mass is 346 g/mol. The number of β-amino-alcohol motifs (C(OH)–C–C–N with tert-alkyl or cyclic N) is 1. The summed E-state index contributed by atoms with van der Waals surface area (Å²) in [7, 11) is 1.38. The first-order chi connectivity index (χ1) is 12.2. The number of aliphatic hydroxyl groups is 1. The minimum Gasteiger partial charge on any atom is -0.465 e. The molecule has 25 heavy (non-hydrogen) atoms. The van der Waals surface area contributed by atoms with Crippen LogP contribution >= 0.6 is 0 Å². The lowest BCUT2D eigenvalue weighted by Crippen LogP contribution is -2.45. The minimum absolute atomic E-state index is 0.357. The van der Waals surface area contributed by atoms with Gasteiger partial charge in [-0.2, -0.15) is 0 Å². The van der Waals surface area contributed by atoms with Gasteiger partial charge in [-0.25, -0.2) is 9.78 Å². The molecule has 0 aromatic carbocycles. The van der Waals surface area contributed by atoms with Gasteiger partial charge in [0.05, 0.1) is 13.2 Å². The molecule has 2 fully saturated rings. The van der Waals surface area contributed by atoms with E-state index in [-0.39, 0.29) is 12.1 Å². The lowest BCUT2D eigenvalue weighted by Gasteiger charge is -2.38. The summed E-state index contributed by atoms with van der Waals surface area (Å²) in [5.74, 6) is 1.39. The van der Waals surface area contributed by atoms with Crippen LogP contribution in [-0.2, 0) is 4.74 Å². The van der Waals surface area contributed by atoms with Crippen molar-refractivity contribution in [2.75, 3.05) is 25.1 Å². The third-order valence-corrected chi connectivity index (χ3v) is 5.82. The van der Waals surface area contributed by atoms with Crippen molar-refractivity contribution < 1.29 is 14.6 Å². The summed E-state index contributed by atoms with van der Waals surface area (Å²) in [5, 5.41) is 10.7. The van der Waals surface area contributed by atoms with Crippen molar-refractivity contribution in [1.82, 2.24) is 4.98 Å². The molecule has 138 valence electrons. The van der Waals surface area contributed by atoms with E-state index < -0.39 is 0 Å². The highest BCUT2D eigenvalue weighted by Crippen LogP contribution is 2.33. The molecule has 2 unspecified atom stereocenters. The minimum atomic E-state index is -0.377. The van der Waals surface area contributed by atoms with Gasteiger partial charge in [-0.05, 0) is 36.8 Å². The van der Waals surface area contributed by atoms with Crippen molar-refractivity contribution in [3.05, 3.63) is 23.9 Å². The Bertz CT molecular complexity index is 570. The molecule has 1 saturated carbocycles. The number of esters is 1. The number of anilines is 1. The van der Waals surface area contributed by atoms with Crippen molar-refractivity contribution in [3.8, 4) is 0 Å². The van der Waals surface area contributed by atoms with Crippen LogP contribution in [0.25, 0.3) is 0 Å². The maximum absolute atomic E-state index is 12.0. The molecule has 5 nitrogen and oxygen atoms in total. The number of aliphatic hydroxyl groups excluding tert-OH is 1. The number of nitrogens with zero attached hydrogens (tertiary/aromatic N) is 2. The maximum atomic E-state index is 12.0. The van der Waals surface area contributed by atoms with Crippen molar-refractivity contribution in [1.29, 1.82) is 0 Å². The number of carbonyl (C=O) groups excluding carboxylic acids is 1. The molecule has 1 aliphatic heterocycles. The third kappa shape index (κ3) is 4.51. The maximum Gasteiger partial charge on any atom is 0.341 e. The summed E-state index contributed by atoms with van der Waals surface area (Å²) in [6, 6.07) is 3.48. The van der Waals surface area contributed by atoms with Crippen LogP contribution in [0, 0.1) is 11.8 Å². The van der Waals surface area contributed by atoms with Gasteiger partial charge in [0.15, 0.2) is 0 Å². The van der Waals surface area contributed by atoms with Crippen LogP contribution in [0.15, 0.2) is 18.3 Å². The smallest absolute Gasteiger partial charge is 0.341 e. The molecule has 0 radical (unpaired) electrons. The Morgan fingerprint density at radius 2 is 2.04 bits per heavy atom. The van der Waals surface area contributed by atoms with E-state index >= 15 is 0 Å². The second-order valence-electron chi connectivity index (χ2n) is 7.52. The lowest BCUT2D eigenvalue weighted by molar-refractivity contribution is 0.0597. The van der Waals surface area contributed by atoms with Crippen LogP contribution in [0.3, 0.4) is 0 Å². The molecule has 0 amide bonds. The van der Waals surface area contributed by atoms with E-state index in [1.54, 1.807) is 18.3 Å². The molecule has 2 atom stereocenters. The zero-order valence-electron chi connectivity index (χ0n) is 15.2. The standard InChI is InChI=1S/C20H30N2O3/c1-25-20(24)17-9-6-11-21-19(17)22-12-10-16(18(23)14-22)13-15-7-4-2-3-5-8-15/h6,9,11,15-16,18,23H,2-5,7-8,10,12-14H2,1H3. The van der Waals surface area contributed by atoms with Crippen LogP contribution in [0.1, 0.15) is 61.7 Å². The molecule has 3 rings (SSSR count). The molecule has 1 saturated heterocycles. The van der Waals surface area contributed by atoms with E-state index in [1.165, 1.54) is 45.6 Å². The molecule has 0 bridgehead atoms. The number of carbonyl (C=O) groups is 1. The molecule has 1 N–H and O–H groups in total. The zero-order valence-corrected chi connectivity index (χ0v) is 15.2. The van der Waals surface area contributed by atoms with E-state index in [0.29, 0.717) is 23.8 Å². The average molecular weight is 346 g/mol. The summed E-state index contributed by atoms with van der Waals surface area (Å²) < 4.78 is 4.86. The fraction of sp³-hybridized carbons (Fsp3) is 0.700. The molecular weight excluding hydrogens is 316 g/mol. The molecule has 1 aliphatic carbocycles. The van der Waals surface area contributed by atoms with E-state index in [4.69, 9.17) is 4.74 Å². The van der Waals surface area contributed by atoms with E-state index in [1.807, 2.05) is 4.90 Å². The summed E-state index contributed by atoms with van der Waals surface area (Å²) in [6.45, 7) is 1.37. The normalized spacial score (nSPS) is 25.4. The topological polar surface area (TPSA) is 62.7 Å². The Labute approximate surface area is 150 Å².